The van der Waals surface area contributed by atoms with Gasteiger partial charge in [-0.25, -0.2) is 0 Å². The number of hydrogen-bond donors (Lipinski definition) is 2. The van der Waals surface area contributed by atoms with Gasteiger partial charge in [-0.3, -0.25) is 14.4 Å². The van der Waals surface area contributed by atoms with Crippen LogP contribution in [0.5, 0.6) is 5.75 Å². The summed E-state index contributed by atoms with van der Waals surface area (Å²) in [6.45, 7) is 2.72. The van der Waals surface area contributed by atoms with E-state index in [1.165, 1.54) is 19.3 Å². The number of carbonyl (C=O) groups excluding carboxylic acids is 1. The first-order chi connectivity index (χ1) is 14.7. The van der Waals surface area contributed by atoms with Crippen LogP contribution >= 0.6 is 0 Å². The van der Waals surface area contributed by atoms with Crippen molar-refractivity contribution in [3.8, 4) is 17.0 Å². The lowest BCUT2D eigenvalue weighted by Gasteiger charge is -2.49. The van der Waals surface area contributed by atoms with Crippen molar-refractivity contribution in [2.24, 2.45) is 11.8 Å². The van der Waals surface area contributed by atoms with E-state index < -0.39 is 0 Å². The fraction of sp³-hybridized carbons (Fsp3) is 0.609. The molecule has 7 nitrogen and oxygen atoms in total. The summed E-state index contributed by atoms with van der Waals surface area (Å²) < 4.78 is 1.90. The summed E-state index contributed by atoms with van der Waals surface area (Å²) >= 11 is 0. The Hall–Kier alpha value is -2.41. The minimum Gasteiger partial charge on any atom is -0.508 e. The van der Waals surface area contributed by atoms with Gasteiger partial charge >= 0.3 is 0 Å². The highest BCUT2D eigenvalue weighted by atomic mass is 16.3. The highest BCUT2D eigenvalue weighted by Gasteiger charge is 2.43. The third-order valence-electron chi connectivity index (χ3n) is 7.25. The average Bonchev–Trinajstić information content (AvgIpc) is 3.23. The molecule has 0 spiro atoms. The number of nitrogens with zero attached hydrogens (tertiary/aromatic N) is 4. The molecule has 7 heteroatoms. The number of fused-ring (bicyclic) bond motifs is 3. The molecule has 3 saturated heterocycles. The lowest BCUT2D eigenvalue weighted by Crippen LogP contribution is -2.58. The van der Waals surface area contributed by atoms with Gasteiger partial charge in [-0.1, -0.05) is 36.6 Å². The summed E-state index contributed by atoms with van der Waals surface area (Å²) in [7, 11) is 0. The molecule has 2 N–H and O–H groups in total. The van der Waals surface area contributed by atoms with Crippen LogP contribution < -0.4 is 5.32 Å². The Morgan fingerprint density at radius 3 is 2.83 bits per heavy atom. The van der Waals surface area contributed by atoms with E-state index in [-0.39, 0.29) is 17.6 Å². The standard InChI is InChI=1S/C23H31N5O2/c29-20-8-4-5-17(12-20)22-15-28(26-25-22)13-19-11-16-9-10-27(19)14-21(16)23(30)24-18-6-2-1-3-7-18/h4-5,8,12,15-16,18-19,21,29H,1-3,6-7,9-11,13-14H2,(H,24,30)/t16-,19+,21-/m0/s1. The Bertz CT molecular complexity index is 891. The van der Waals surface area contributed by atoms with Gasteiger partial charge in [0.05, 0.1) is 18.7 Å². The van der Waals surface area contributed by atoms with Crippen molar-refractivity contribution in [3.05, 3.63) is 30.5 Å². The molecule has 2 bridgehead atoms. The lowest BCUT2D eigenvalue weighted by atomic mass is 9.75. The quantitative estimate of drug-likeness (QED) is 0.793. The largest absolute Gasteiger partial charge is 0.508 e. The first-order valence-corrected chi connectivity index (χ1v) is 11.4. The van der Waals surface area contributed by atoms with Crippen molar-refractivity contribution in [2.75, 3.05) is 13.1 Å². The molecule has 1 aliphatic carbocycles. The first-order valence-electron chi connectivity index (χ1n) is 11.4. The molecule has 2 aromatic rings. The third-order valence-corrected chi connectivity index (χ3v) is 7.25. The summed E-state index contributed by atoms with van der Waals surface area (Å²) in [5, 5.41) is 21.6. The van der Waals surface area contributed by atoms with Crippen molar-refractivity contribution < 1.29 is 9.90 Å². The van der Waals surface area contributed by atoms with Crippen molar-refractivity contribution in [1.29, 1.82) is 0 Å². The van der Waals surface area contributed by atoms with Crippen molar-refractivity contribution in [2.45, 2.75) is 63.6 Å². The molecular weight excluding hydrogens is 378 g/mol. The number of phenolic OH excluding ortho intramolecular Hbond substituents is 1. The van der Waals surface area contributed by atoms with Gasteiger partial charge in [-0.15, -0.1) is 5.10 Å². The van der Waals surface area contributed by atoms with Crippen LogP contribution in [0.3, 0.4) is 0 Å². The Balaban J connectivity index is 1.20. The number of amides is 1. The molecule has 1 unspecified atom stereocenters. The van der Waals surface area contributed by atoms with E-state index in [1.54, 1.807) is 12.1 Å². The van der Waals surface area contributed by atoms with Crippen LogP contribution in [0, 0.1) is 11.8 Å². The van der Waals surface area contributed by atoms with Crippen molar-refractivity contribution >= 4 is 5.91 Å². The number of aromatic hydroxyl groups is 1. The first kappa shape index (κ1) is 19.5. The number of rotatable bonds is 5. The van der Waals surface area contributed by atoms with Crippen LogP contribution in [0.25, 0.3) is 11.3 Å². The molecule has 4 aliphatic rings. The molecule has 0 radical (unpaired) electrons. The molecule has 160 valence electrons. The van der Waals surface area contributed by atoms with Crippen LogP contribution in [0.15, 0.2) is 30.5 Å². The lowest BCUT2D eigenvalue weighted by molar-refractivity contribution is -0.134. The van der Waals surface area contributed by atoms with Gasteiger partial charge in [0.15, 0.2) is 0 Å². The van der Waals surface area contributed by atoms with E-state index in [0.29, 0.717) is 18.0 Å². The van der Waals surface area contributed by atoms with Crippen LogP contribution in [0.2, 0.25) is 0 Å². The maximum absolute atomic E-state index is 12.9. The molecule has 1 amide bonds. The zero-order valence-corrected chi connectivity index (χ0v) is 17.4. The van der Waals surface area contributed by atoms with Crippen LogP contribution in [0.4, 0.5) is 0 Å². The van der Waals surface area contributed by atoms with Crippen LogP contribution in [-0.2, 0) is 11.3 Å². The molecule has 4 atom stereocenters. The Kier molecular flexibility index (Phi) is 5.46. The highest BCUT2D eigenvalue weighted by Crippen LogP contribution is 2.37. The third kappa shape index (κ3) is 4.08. The molecule has 30 heavy (non-hydrogen) atoms. The number of phenols is 1. The van der Waals surface area contributed by atoms with E-state index >= 15 is 0 Å². The maximum atomic E-state index is 12.9. The molecule has 1 saturated carbocycles. The van der Waals surface area contributed by atoms with Crippen molar-refractivity contribution in [1.82, 2.24) is 25.2 Å². The van der Waals surface area contributed by atoms with E-state index in [0.717, 1.165) is 56.6 Å². The molecule has 4 heterocycles. The second-order valence-corrected chi connectivity index (χ2v) is 9.26. The Morgan fingerprint density at radius 1 is 1.20 bits per heavy atom. The second kappa shape index (κ2) is 8.38. The topological polar surface area (TPSA) is 83.3 Å². The fourth-order valence-corrected chi connectivity index (χ4v) is 5.58. The van der Waals surface area contributed by atoms with Gasteiger partial charge in [0, 0.05) is 24.2 Å². The predicted molar refractivity (Wildman–Crippen MR) is 114 cm³/mol. The minimum absolute atomic E-state index is 0.135. The normalized spacial score (nSPS) is 29.1. The number of aromatic nitrogens is 3. The zero-order valence-electron chi connectivity index (χ0n) is 17.4. The van der Waals surface area contributed by atoms with Crippen molar-refractivity contribution in [3.63, 3.8) is 0 Å². The van der Waals surface area contributed by atoms with Crippen LogP contribution in [-0.4, -0.2) is 56.1 Å². The SMILES string of the molecule is O=C(NC1CCCCC1)[C@H]1CN2CC[C@H]1C[C@@H]2Cn1cc(-c2cccc(O)c2)nn1. The van der Waals surface area contributed by atoms with Crippen LogP contribution in [0.1, 0.15) is 44.9 Å². The van der Waals surface area contributed by atoms with Gasteiger partial charge in [0.1, 0.15) is 11.4 Å². The zero-order chi connectivity index (χ0) is 20.5. The summed E-state index contributed by atoms with van der Waals surface area (Å²) in [5.41, 5.74) is 1.64. The van der Waals surface area contributed by atoms with Gasteiger partial charge in [-0.2, -0.15) is 0 Å². The average molecular weight is 410 g/mol. The summed E-state index contributed by atoms with van der Waals surface area (Å²) in [6.07, 6.45) is 10.2. The second-order valence-electron chi connectivity index (χ2n) is 9.26. The monoisotopic (exact) mass is 409 g/mol. The number of piperidine rings is 3. The van der Waals surface area contributed by atoms with E-state index in [1.807, 2.05) is 23.0 Å². The van der Waals surface area contributed by atoms with Gasteiger partial charge in [0.2, 0.25) is 5.91 Å². The summed E-state index contributed by atoms with van der Waals surface area (Å²) in [6, 6.07) is 7.89. The Labute approximate surface area is 177 Å². The van der Waals surface area contributed by atoms with Gasteiger partial charge in [0.25, 0.3) is 0 Å². The molecule has 1 aromatic heterocycles. The molecule has 3 aliphatic heterocycles. The molecular formula is C23H31N5O2. The maximum Gasteiger partial charge on any atom is 0.224 e. The Morgan fingerprint density at radius 2 is 2.07 bits per heavy atom. The number of nitrogens with one attached hydrogen (secondary N) is 1. The number of hydrogen-bond acceptors (Lipinski definition) is 5. The van der Waals surface area contributed by atoms with E-state index in [4.69, 9.17) is 0 Å². The smallest absolute Gasteiger partial charge is 0.224 e. The highest BCUT2D eigenvalue weighted by molar-refractivity contribution is 5.79. The summed E-state index contributed by atoms with van der Waals surface area (Å²) in [4.78, 5) is 15.4. The molecule has 1 aromatic carbocycles. The summed E-state index contributed by atoms with van der Waals surface area (Å²) in [5.74, 6) is 1.12. The fourth-order valence-electron chi connectivity index (χ4n) is 5.58. The molecule has 4 fully saturated rings. The number of carbonyl (C=O) groups is 1. The predicted octanol–water partition coefficient (Wildman–Crippen LogP) is 2.81. The molecule has 6 rings (SSSR count). The number of benzene rings is 1. The van der Waals surface area contributed by atoms with E-state index in [2.05, 4.69) is 20.5 Å². The van der Waals surface area contributed by atoms with Gasteiger partial charge in [-0.05, 0) is 50.3 Å². The van der Waals surface area contributed by atoms with Gasteiger partial charge < -0.3 is 10.4 Å². The minimum atomic E-state index is 0.135. The van der Waals surface area contributed by atoms with E-state index in [9.17, 15) is 9.90 Å².